The SMILES string of the molecule is O=c1cc(CO)oc(CN2CCN([C@@H]3CCS(=O)(=O)C3)CC2)c1O. The Morgan fingerprint density at radius 3 is 2.54 bits per heavy atom. The summed E-state index contributed by atoms with van der Waals surface area (Å²) in [5, 5.41) is 18.9. The van der Waals surface area contributed by atoms with E-state index in [1.807, 2.05) is 4.90 Å². The van der Waals surface area contributed by atoms with Gasteiger partial charge in [-0.3, -0.25) is 14.6 Å². The molecule has 0 aromatic carbocycles. The van der Waals surface area contributed by atoms with Gasteiger partial charge in [0.1, 0.15) is 12.4 Å². The highest BCUT2D eigenvalue weighted by molar-refractivity contribution is 7.91. The molecule has 2 fully saturated rings. The molecule has 0 saturated carbocycles. The molecule has 2 saturated heterocycles. The van der Waals surface area contributed by atoms with E-state index in [4.69, 9.17) is 9.52 Å². The van der Waals surface area contributed by atoms with Crippen molar-refractivity contribution in [1.29, 1.82) is 0 Å². The van der Waals surface area contributed by atoms with E-state index in [1.54, 1.807) is 0 Å². The Labute approximate surface area is 140 Å². The third-order valence-electron chi connectivity index (χ3n) is 4.70. The van der Waals surface area contributed by atoms with Gasteiger partial charge in [-0.1, -0.05) is 0 Å². The summed E-state index contributed by atoms with van der Waals surface area (Å²) in [6.45, 7) is 2.76. The number of nitrogens with zero attached hydrogens (tertiary/aromatic N) is 2. The maximum atomic E-state index is 11.6. The first-order valence-electron chi connectivity index (χ1n) is 8.00. The van der Waals surface area contributed by atoms with Crippen LogP contribution in [0.3, 0.4) is 0 Å². The van der Waals surface area contributed by atoms with Gasteiger partial charge >= 0.3 is 0 Å². The van der Waals surface area contributed by atoms with Crippen LogP contribution in [0.5, 0.6) is 5.75 Å². The first-order valence-corrected chi connectivity index (χ1v) is 9.82. The average molecular weight is 358 g/mol. The number of rotatable bonds is 4. The first-order chi connectivity index (χ1) is 11.4. The minimum absolute atomic E-state index is 0.0983. The lowest BCUT2D eigenvalue weighted by Crippen LogP contribution is -2.50. The molecule has 24 heavy (non-hydrogen) atoms. The molecule has 3 heterocycles. The Hall–Kier alpha value is -1.42. The number of aliphatic hydroxyl groups excluding tert-OH is 1. The monoisotopic (exact) mass is 358 g/mol. The van der Waals surface area contributed by atoms with Crippen molar-refractivity contribution in [2.75, 3.05) is 37.7 Å². The summed E-state index contributed by atoms with van der Waals surface area (Å²) < 4.78 is 28.5. The Balaban J connectivity index is 1.60. The molecule has 0 aliphatic carbocycles. The fraction of sp³-hybridized carbons (Fsp3) is 0.667. The summed E-state index contributed by atoms with van der Waals surface area (Å²) in [7, 11) is -2.89. The zero-order valence-electron chi connectivity index (χ0n) is 13.3. The molecule has 0 amide bonds. The number of piperazine rings is 1. The second-order valence-electron chi connectivity index (χ2n) is 6.38. The predicted octanol–water partition coefficient (Wildman–Crippen LogP) is -0.858. The zero-order valence-corrected chi connectivity index (χ0v) is 14.2. The molecular weight excluding hydrogens is 336 g/mol. The normalized spacial score (nSPS) is 25.1. The van der Waals surface area contributed by atoms with Gasteiger partial charge in [0, 0.05) is 38.3 Å². The zero-order chi connectivity index (χ0) is 17.3. The second-order valence-corrected chi connectivity index (χ2v) is 8.60. The van der Waals surface area contributed by atoms with E-state index in [0.717, 1.165) is 19.2 Å². The van der Waals surface area contributed by atoms with Gasteiger partial charge in [0.25, 0.3) is 0 Å². The van der Waals surface area contributed by atoms with Crippen molar-refractivity contribution >= 4 is 9.84 Å². The van der Waals surface area contributed by atoms with Crippen LogP contribution in [0.15, 0.2) is 15.3 Å². The molecule has 0 spiro atoms. The quantitative estimate of drug-likeness (QED) is 0.715. The third-order valence-corrected chi connectivity index (χ3v) is 6.45. The highest BCUT2D eigenvalue weighted by Gasteiger charge is 2.33. The van der Waals surface area contributed by atoms with Gasteiger partial charge in [0.05, 0.1) is 18.1 Å². The lowest BCUT2D eigenvalue weighted by molar-refractivity contribution is 0.0927. The van der Waals surface area contributed by atoms with Gasteiger partial charge in [0.15, 0.2) is 15.6 Å². The van der Waals surface area contributed by atoms with Gasteiger partial charge in [-0.2, -0.15) is 0 Å². The van der Waals surface area contributed by atoms with Gasteiger partial charge < -0.3 is 14.6 Å². The summed E-state index contributed by atoms with van der Waals surface area (Å²) in [5.41, 5.74) is -0.560. The molecule has 1 aromatic heterocycles. The van der Waals surface area contributed by atoms with Gasteiger partial charge in [-0.05, 0) is 6.42 Å². The van der Waals surface area contributed by atoms with Gasteiger partial charge in [-0.25, -0.2) is 8.42 Å². The van der Waals surface area contributed by atoms with Crippen molar-refractivity contribution in [2.45, 2.75) is 25.6 Å². The fourth-order valence-electron chi connectivity index (χ4n) is 3.33. The molecule has 9 heteroatoms. The highest BCUT2D eigenvalue weighted by Crippen LogP contribution is 2.21. The Morgan fingerprint density at radius 2 is 1.96 bits per heavy atom. The lowest BCUT2D eigenvalue weighted by atomic mass is 10.2. The predicted molar refractivity (Wildman–Crippen MR) is 86.5 cm³/mol. The van der Waals surface area contributed by atoms with Gasteiger partial charge in [-0.15, -0.1) is 0 Å². The minimum atomic E-state index is -2.89. The lowest BCUT2D eigenvalue weighted by Gasteiger charge is -2.37. The smallest absolute Gasteiger partial charge is 0.227 e. The van der Waals surface area contributed by atoms with Crippen molar-refractivity contribution < 1.29 is 23.0 Å². The summed E-state index contributed by atoms with van der Waals surface area (Å²) in [6, 6.07) is 1.18. The number of hydrogen-bond donors (Lipinski definition) is 2. The van der Waals surface area contributed by atoms with Crippen molar-refractivity contribution in [2.24, 2.45) is 0 Å². The molecule has 134 valence electrons. The van der Waals surface area contributed by atoms with Crippen LogP contribution in [0.2, 0.25) is 0 Å². The van der Waals surface area contributed by atoms with E-state index < -0.39 is 27.6 Å². The number of sulfone groups is 1. The van der Waals surface area contributed by atoms with Crippen molar-refractivity contribution in [3.05, 3.63) is 27.8 Å². The van der Waals surface area contributed by atoms with Crippen LogP contribution in [0, 0.1) is 0 Å². The van der Waals surface area contributed by atoms with Crippen LogP contribution in [-0.4, -0.2) is 72.2 Å². The largest absolute Gasteiger partial charge is 0.502 e. The molecule has 2 N–H and O–H groups in total. The van der Waals surface area contributed by atoms with Crippen molar-refractivity contribution in [3.8, 4) is 5.75 Å². The maximum absolute atomic E-state index is 11.6. The number of aromatic hydroxyl groups is 1. The molecular formula is C15H22N2O6S. The topological polar surface area (TPSA) is 111 Å². The molecule has 1 aromatic rings. The van der Waals surface area contributed by atoms with Crippen molar-refractivity contribution in [3.63, 3.8) is 0 Å². The molecule has 0 radical (unpaired) electrons. The van der Waals surface area contributed by atoms with Crippen LogP contribution in [-0.2, 0) is 23.0 Å². The highest BCUT2D eigenvalue weighted by atomic mass is 32.2. The van der Waals surface area contributed by atoms with E-state index in [-0.39, 0.29) is 35.6 Å². The summed E-state index contributed by atoms with van der Waals surface area (Å²) in [4.78, 5) is 15.9. The molecule has 1 atom stereocenters. The molecule has 0 unspecified atom stereocenters. The number of aliphatic hydroxyl groups is 1. The second kappa shape index (κ2) is 6.83. The minimum Gasteiger partial charge on any atom is -0.502 e. The van der Waals surface area contributed by atoms with E-state index in [1.165, 1.54) is 0 Å². The molecule has 0 bridgehead atoms. The van der Waals surface area contributed by atoms with Crippen LogP contribution in [0.25, 0.3) is 0 Å². The average Bonchev–Trinajstić information content (AvgIpc) is 2.92. The Bertz CT molecular complexity index is 752. The maximum Gasteiger partial charge on any atom is 0.227 e. The molecule has 3 rings (SSSR count). The summed E-state index contributed by atoms with van der Waals surface area (Å²) in [5.74, 6) is 0.370. The van der Waals surface area contributed by atoms with Crippen LogP contribution >= 0.6 is 0 Å². The van der Waals surface area contributed by atoms with E-state index in [2.05, 4.69) is 4.90 Å². The van der Waals surface area contributed by atoms with Crippen LogP contribution < -0.4 is 5.43 Å². The van der Waals surface area contributed by atoms with E-state index >= 15 is 0 Å². The van der Waals surface area contributed by atoms with Crippen molar-refractivity contribution in [1.82, 2.24) is 9.80 Å². The van der Waals surface area contributed by atoms with Gasteiger partial charge in [0.2, 0.25) is 11.2 Å². The fourth-order valence-corrected chi connectivity index (χ4v) is 5.09. The summed E-state index contributed by atoms with van der Waals surface area (Å²) in [6.07, 6.45) is 0.691. The van der Waals surface area contributed by atoms with Crippen LogP contribution in [0.1, 0.15) is 17.9 Å². The van der Waals surface area contributed by atoms with E-state index in [9.17, 15) is 18.3 Å². The van der Waals surface area contributed by atoms with E-state index in [0.29, 0.717) is 19.5 Å². The number of hydrogen-bond acceptors (Lipinski definition) is 8. The third kappa shape index (κ3) is 3.80. The Kier molecular flexibility index (Phi) is 4.95. The van der Waals surface area contributed by atoms with Crippen LogP contribution in [0.4, 0.5) is 0 Å². The molecule has 2 aliphatic heterocycles. The molecule has 8 nitrogen and oxygen atoms in total. The first kappa shape index (κ1) is 17.4. The molecule has 2 aliphatic rings. The summed E-state index contributed by atoms with van der Waals surface area (Å²) >= 11 is 0. The Morgan fingerprint density at radius 1 is 1.25 bits per heavy atom. The standard InChI is InChI=1S/C15H22N2O6S/c18-9-12-7-13(19)15(20)14(23-12)8-16-2-4-17(5-3-16)11-1-6-24(21,22)10-11/h7,11,18,20H,1-6,8-10H2/t11-/m1/s1.